The molecule has 6 nitrogen and oxygen atoms in total. The van der Waals surface area contributed by atoms with Crippen molar-refractivity contribution in [3.05, 3.63) is 11.8 Å². The van der Waals surface area contributed by atoms with E-state index < -0.39 is 11.9 Å². The number of rotatable bonds is 4. The van der Waals surface area contributed by atoms with E-state index in [0.717, 1.165) is 6.07 Å². The number of anilines is 2. The number of likely N-dealkylation sites (tertiary alicyclic amines) is 1. The zero-order valence-electron chi connectivity index (χ0n) is 12.6. The minimum absolute atomic E-state index is 0.0167. The van der Waals surface area contributed by atoms with E-state index >= 15 is 0 Å². The maximum atomic E-state index is 12.9. The first-order valence-corrected chi connectivity index (χ1v) is 6.78. The summed E-state index contributed by atoms with van der Waals surface area (Å²) < 4.78 is 38.6. The van der Waals surface area contributed by atoms with Crippen molar-refractivity contribution in [2.24, 2.45) is 5.92 Å². The van der Waals surface area contributed by atoms with Gasteiger partial charge in [-0.2, -0.15) is 18.2 Å². The molecule has 1 aliphatic heterocycles. The molecule has 1 aromatic rings. The number of amides is 1. The number of nitrogens with zero attached hydrogens (tertiary/aromatic N) is 4. The summed E-state index contributed by atoms with van der Waals surface area (Å²) in [4.78, 5) is 22.0. The Labute approximate surface area is 126 Å². The molecular weight excluding hydrogens is 299 g/mol. The number of hydrogen-bond acceptors (Lipinski definition) is 5. The lowest BCUT2D eigenvalue weighted by Crippen LogP contribution is -2.22. The van der Waals surface area contributed by atoms with E-state index in [-0.39, 0.29) is 23.6 Å². The van der Waals surface area contributed by atoms with Crippen molar-refractivity contribution in [3.8, 4) is 0 Å². The van der Waals surface area contributed by atoms with Gasteiger partial charge in [-0.3, -0.25) is 4.79 Å². The second-order valence-corrected chi connectivity index (χ2v) is 5.56. The minimum atomic E-state index is -4.53. The van der Waals surface area contributed by atoms with Crippen molar-refractivity contribution in [1.29, 1.82) is 0 Å². The lowest BCUT2D eigenvalue weighted by molar-refractivity contribution is -0.141. The summed E-state index contributed by atoms with van der Waals surface area (Å²) in [6.07, 6.45) is -4.14. The van der Waals surface area contributed by atoms with Crippen LogP contribution in [0.4, 0.5) is 24.9 Å². The quantitative estimate of drug-likeness (QED) is 0.911. The molecule has 1 saturated heterocycles. The number of carbonyl (C=O) groups excluding carboxylic acids is 1. The lowest BCUT2D eigenvalue weighted by atomic mass is 10.1. The van der Waals surface area contributed by atoms with Crippen LogP contribution in [0.2, 0.25) is 0 Å². The minimum Gasteiger partial charge on any atom is -0.370 e. The van der Waals surface area contributed by atoms with Gasteiger partial charge in [-0.05, 0) is 0 Å². The van der Waals surface area contributed by atoms with Crippen LogP contribution in [0.25, 0.3) is 0 Å². The first-order valence-electron chi connectivity index (χ1n) is 6.78. The molecular formula is C13H18F3N5O. The second kappa shape index (κ2) is 5.98. The second-order valence-electron chi connectivity index (χ2n) is 5.56. The number of aromatic nitrogens is 2. The van der Waals surface area contributed by atoms with Gasteiger partial charge < -0.3 is 15.1 Å². The van der Waals surface area contributed by atoms with E-state index in [4.69, 9.17) is 0 Å². The molecule has 2 rings (SSSR count). The lowest BCUT2D eigenvalue weighted by Gasteiger charge is -2.16. The maximum absolute atomic E-state index is 12.9. The molecule has 9 heteroatoms. The molecule has 0 aliphatic carbocycles. The van der Waals surface area contributed by atoms with Gasteiger partial charge >= 0.3 is 6.18 Å². The predicted octanol–water partition coefficient (Wildman–Crippen LogP) is 1.45. The third-order valence-electron chi connectivity index (χ3n) is 3.40. The zero-order valence-corrected chi connectivity index (χ0v) is 12.6. The van der Waals surface area contributed by atoms with Crippen LogP contribution in [0.1, 0.15) is 12.1 Å². The van der Waals surface area contributed by atoms with Crippen molar-refractivity contribution in [2.75, 3.05) is 44.4 Å². The number of nitrogens with one attached hydrogen (secondary N) is 1. The average molecular weight is 317 g/mol. The fourth-order valence-electron chi connectivity index (χ4n) is 2.21. The van der Waals surface area contributed by atoms with E-state index in [1.54, 1.807) is 26.0 Å². The van der Waals surface area contributed by atoms with E-state index in [1.165, 1.54) is 4.90 Å². The third-order valence-corrected chi connectivity index (χ3v) is 3.40. The molecule has 0 aromatic carbocycles. The molecule has 122 valence electrons. The molecule has 1 atom stereocenters. The summed E-state index contributed by atoms with van der Waals surface area (Å²) in [6.45, 7) is 0.973. The average Bonchev–Trinajstić information content (AvgIpc) is 2.74. The highest BCUT2D eigenvalue weighted by atomic mass is 19.4. The van der Waals surface area contributed by atoms with Gasteiger partial charge in [-0.15, -0.1) is 0 Å². The molecule has 0 unspecified atom stereocenters. The highest BCUT2D eigenvalue weighted by Gasteiger charge is 2.34. The topological polar surface area (TPSA) is 61.4 Å². The summed E-state index contributed by atoms with van der Waals surface area (Å²) in [5.41, 5.74) is -0.992. The van der Waals surface area contributed by atoms with Crippen LogP contribution in [0.15, 0.2) is 6.07 Å². The first-order chi connectivity index (χ1) is 10.2. The highest BCUT2D eigenvalue weighted by molar-refractivity contribution is 5.78. The fourth-order valence-corrected chi connectivity index (χ4v) is 2.21. The normalized spacial score (nSPS) is 18.7. The number of alkyl halides is 3. The van der Waals surface area contributed by atoms with Crippen LogP contribution in [0.3, 0.4) is 0 Å². The molecule has 0 saturated carbocycles. The predicted molar refractivity (Wildman–Crippen MR) is 75.6 cm³/mol. The Morgan fingerprint density at radius 3 is 2.59 bits per heavy atom. The zero-order chi connectivity index (χ0) is 16.5. The Hall–Kier alpha value is -2.06. The molecule has 1 fully saturated rings. The van der Waals surface area contributed by atoms with E-state index in [1.807, 2.05) is 0 Å². The molecule has 0 radical (unpaired) electrons. The molecule has 1 aromatic heterocycles. The molecule has 1 N–H and O–H groups in total. The summed E-state index contributed by atoms with van der Waals surface area (Å²) in [7, 11) is 4.85. The smallest absolute Gasteiger partial charge is 0.370 e. The Kier molecular flexibility index (Phi) is 4.43. The SMILES string of the molecule is CN1C[C@@H](CNc2cc(C(F)(F)F)nc(N(C)C)n2)CC1=O. The van der Waals surface area contributed by atoms with Crippen LogP contribution >= 0.6 is 0 Å². The monoisotopic (exact) mass is 317 g/mol. The van der Waals surface area contributed by atoms with Gasteiger partial charge in [0.05, 0.1) is 0 Å². The summed E-state index contributed by atoms with van der Waals surface area (Å²) in [6, 6.07) is 0.882. The van der Waals surface area contributed by atoms with Gasteiger partial charge in [-0.25, -0.2) is 4.98 Å². The van der Waals surface area contributed by atoms with Crippen LogP contribution in [-0.2, 0) is 11.0 Å². The molecule has 2 heterocycles. The van der Waals surface area contributed by atoms with E-state index in [9.17, 15) is 18.0 Å². The number of hydrogen-bond donors (Lipinski definition) is 1. The molecule has 0 spiro atoms. The van der Waals surface area contributed by atoms with Crippen molar-refractivity contribution < 1.29 is 18.0 Å². The highest BCUT2D eigenvalue weighted by Crippen LogP contribution is 2.30. The van der Waals surface area contributed by atoms with Crippen molar-refractivity contribution in [2.45, 2.75) is 12.6 Å². The number of halogens is 3. The first kappa shape index (κ1) is 16.3. The van der Waals surface area contributed by atoms with E-state index in [2.05, 4.69) is 15.3 Å². The van der Waals surface area contributed by atoms with Crippen LogP contribution in [0.5, 0.6) is 0 Å². The molecule has 1 aliphatic rings. The molecule has 1 amide bonds. The van der Waals surface area contributed by atoms with Gasteiger partial charge in [0.1, 0.15) is 5.82 Å². The van der Waals surface area contributed by atoms with Crippen LogP contribution in [-0.4, -0.2) is 55.0 Å². The Morgan fingerprint density at radius 2 is 2.09 bits per heavy atom. The standard InChI is InChI=1S/C13H18F3N5O/c1-20(2)12-18-9(13(14,15)16)5-10(19-12)17-6-8-4-11(22)21(3)7-8/h5,8H,4,6-7H2,1-3H3,(H,17,18,19)/t8-/m1/s1. The van der Waals surface area contributed by atoms with Gasteiger partial charge in [0.25, 0.3) is 0 Å². The summed E-state index contributed by atoms with van der Waals surface area (Å²) in [5.74, 6) is 0.189. The van der Waals surface area contributed by atoms with Crippen LogP contribution < -0.4 is 10.2 Å². The molecule has 0 bridgehead atoms. The Balaban J connectivity index is 2.13. The Morgan fingerprint density at radius 1 is 1.41 bits per heavy atom. The maximum Gasteiger partial charge on any atom is 0.433 e. The largest absolute Gasteiger partial charge is 0.433 e. The summed E-state index contributed by atoms with van der Waals surface area (Å²) >= 11 is 0. The van der Waals surface area contributed by atoms with Crippen LogP contribution in [0, 0.1) is 5.92 Å². The third kappa shape index (κ3) is 3.77. The van der Waals surface area contributed by atoms with Gasteiger partial charge in [-0.1, -0.05) is 0 Å². The van der Waals surface area contributed by atoms with E-state index in [0.29, 0.717) is 19.5 Å². The van der Waals surface area contributed by atoms with Crippen molar-refractivity contribution in [3.63, 3.8) is 0 Å². The van der Waals surface area contributed by atoms with Gasteiger partial charge in [0.15, 0.2) is 5.69 Å². The van der Waals surface area contributed by atoms with Crippen molar-refractivity contribution >= 4 is 17.7 Å². The Bertz CT molecular complexity index is 561. The molecule has 22 heavy (non-hydrogen) atoms. The fraction of sp³-hybridized carbons (Fsp3) is 0.615. The van der Waals surface area contributed by atoms with Gasteiger partial charge in [0.2, 0.25) is 11.9 Å². The summed E-state index contributed by atoms with van der Waals surface area (Å²) in [5, 5.41) is 2.88. The van der Waals surface area contributed by atoms with Crippen molar-refractivity contribution in [1.82, 2.24) is 14.9 Å². The number of carbonyl (C=O) groups is 1. The van der Waals surface area contributed by atoms with Gasteiger partial charge in [0, 0.05) is 52.6 Å².